The van der Waals surface area contributed by atoms with Crippen molar-refractivity contribution in [2.75, 3.05) is 6.61 Å². The fraction of sp³-hybridized carbons (Fsp3) is 1.00. The maximum absolute atomic E-state index is 9.22. The minimum atomic E-state index is -0.109. The molecule has 0 fully saturated rings. The highest BCUT2D eigenvalue weighted by Crippen LogP contribution is 2.20. The predicted octanol–water partition coefficient (Wildman–Crippen LogP) is 1.88. The Morgan fingerprint density at radius 2 is 1.42 bits per heavy atom. The van der Waals surface area contributed by atoms with Crippen molar-refractivity contribution in [1.29, 1.82) is 0 Å². The van der Waals surface area contributed by atoms with Crippen LogP contribution in [0.4, 0.5) is 0 Å². The lowest BCUT2D eigenvalue weighted by molar-refractivity contribution is 0.00877. The number of hydrogen-bond acceptors (Lipinski definition) is 2. The zero-order chi connectivity index (χ0) is 9.94. The van der Waals surface area contributed by atoms with Crippen LogP contribution in [-0.2, 0) is 0 Å². The molecule has 0 spiro atoms. The van der Waals surface area contributed by atoms with E-state index in [0.29, 0.717) is 12.1 Å². The van der Waals surface area contributed by atoms with E-state index in [0.717, 1.165) is 0 Å². The Morgan fingerprint density at radius 1 is 1.08 bits per heavy atom. The Balaban J connectivity index is 4.50. The summed E-state index contributed by atoms with van der Waals surface area (Å²) >= 11 is 0. The molecule has 12 heavy (non-hydrogen) atoms. The molecule has 0 bridgehead atoms. The van der Waals surface area contributed by atoms with Gasteiger partial charge in [-0.3, -0.25) is 4.90 Å². The summed E-state index contributed by atoms with van der Waals surface area (Å²) < 4.78 is 0. The van der Waals surface area contributed by atoms with E-state index in [1.165, 1.54) is 0 Å². The standard InChI is InChI=1S/C10H23NO/c1-8(2)11(9(3)4)10(5,6)7-12/h8-9,12H,7H2,1-6H3. The molecule has 2 heteroatoms. The summed E-state index contributed by atoms with van der Waals surface area (Å²) in [7, 11) is 0. The number of nitrogens with zero attached hydrogens (tertiary/aromatic N) is 1. The Bertz CT molecular complexity index is 122. The SMILES string of the molecule is CC(C)N(C(C)C)C(C)(C)CO. The summed E-state index contributed by atoms with van der Waals surface area (Å²) in [6.07, 6.45) is 0. The summed E-state index contributed by atoms with van der Waals surface area (Å²) in [6, 6.07) is 0.958. The summed E-state index contributed by atoms with van der Waals surface area (Å²) in [6.45, 7) is 13.0. The highest BCUT2D eigenvalue weighted by molar-refractivity contribution is 4.85. The third-order valence-corrected chi connectivity index (χ3v) is 2.20. The number of aliphatic hydroxyl groups is 1. The zero-order valence-corrected chi connectivity index (χ0v) is 9.26. The van der Waals surface area contributed by atoms with Crippen LogP contribution in [0.25, 0.3) is 0 Å². The lowest BCUT2D eigenvalue weighted by Crippen LogP contribution is -2.53. The first-order valence-corrected chi connectivity index (χ1v) is 4.72. The van der Waals surface area contributed by atoms with Crippen LogP contribution in [0.1, 0.15) is 41.5 Å². The Labute approximate surface area is 76.6 Å². The van der Waals surface area contributed by atoms with E-state index in [9.17, 15) is 5.11 Å². The minimum absolute atomic E-state index is 0.109. The van der Waals surface area contributed by atoms with Crippen molar-refractivity contribution in [3.05, 3.63) is 0 Å². The van der Waals surface area contributed by atoms with Crippen molar-refractivity contribution >= 4 is 0 Å². The van der Waals surface area contributed by atoms with Crippen molar-refractivity contribution in [3.63, 3.8) is 0 Å². The van der Waals surface area contributed by atoms with Gasteiger partial charge in [-0.2, -0.15) is 0 Å². The van der Waals surface area contributed by atoms with Gasteiger partial charge in [0, 0.05) is 17.6 Å². The van der Waals surface area contributed by atoms with Gasteiger partial charge in [0.15, 0.2) is 0 Å². The molecule has 0 aliphatic rings. The molecule has 0 unspecified atom stereocenters. The van der Waals surface area contributed by atoms with Crippen LogP contribution in [0.15, 0.2) is 0 Å². The van der Waals surface area contributed by atoms with Crippen LogP contribution in [0.2, 0.25) is 0 Å². The van der Waals surface area contributed by atoms with Crippen molar-refractivity contribution in [2.24, 2.45) is 0 Å². The smallest absolute Gasteiger partial charge is 0.0610 e. The molecular weight excluding hydrogens is 150 g/mol. The second-order valence-corrected chi connectivity index (χ2v) is 4.57. The van der Waals surface area contributed by atoms with E-state index in [1.807, 2.05) is 0 Å². The largest absolute Gasteiger partial charge is 0.394 e. The van der Waals surface area contributed by atoms with Gasteiger partial charge in [0.2, 0.25) is 0 Å². The third-order valence-electron chi connectivity index (χ3n) is 2.20. The Morgan fingerprint density at radius 3 is 1.50 bits per heavy atom. The Hall–Kier alpha value is -0.0800. The van der Waals surface area contributed by atoms with Crippen LogP contribution >= 0.6 is 0 Å². The van der Waals surface area contributed by atoms with Crippen molar-refractivity contribution < 1.29 is 5.11 Å². The second-order valence-electron chi connectivity index (χ2n) is 4.57. The van der Waals surface area contributed by atoms with Crippen LogP contribution in [-0.4, -0.2) is 34.2 Å². The predicted molar refractivity (Wildman–Crippen MR) is 53.3 cm³/mol. The summed E-state index contributed by atoms with van der Waals surface area (Å²) in [5.41, 5.74) is -0.109. The third kappa shape index (κ3) is 2.76. The molecule has 0 amide bonds. The summed E-state index contributed by atoms with van der Waals surface area (Å²) in [5, 5.41) is 9.22. The van der Waals surface area contributed by atoms with Gasteiger partial charge in [0.1, 0.15) is 0 Å². The number of hydrogen-bond donors (Lipinski definition) is 1. The fourth-order valence-electron chi connectivity index (χ4n) is 2.08. The van der Waals surface area contributed by atoms with Crippen LogP contribution in [0, 0.1) is 0 Å². The van der Waals surface area contributed by atoms with Gasteiger partial charge in [-0.15, -0.1) is 0 Å². The van der Waals surface area contributed by atoms with Crippen LogP contribution in [0.3, 0.4) is 0 Å². The number of aliphatic hydroxyl groups excluding tert-OH is 1. The van der Waals surface area contributed by atoms with E-state index in [2.05, 4.69) is 46.4 Å². The molecule has 1 N–H and O–H groups in total. The minimum Gasteiger partial charge on any atom is -0.394 e. The maximum atomic E-state index is 9.22. The normalized spacial score (nSPS) is 13.5. The van der Waals surface area contributed by atoms with Gasteiger partial charge in [-0.05, 0) is 41.5 Å². The van der Waals surface area contributed by atoms with Gasteiger partial charge >= 0.3 is 0 Å². The van der Waals surface area contributed by atoms with Gasteiger partial charge in [0.25, 0.3) is 0 Å². The first-order chi connectivity index (χ1) is 5.33. The fourth-order valence-corrected chi connectivity index (χ4v) is 2.08. The molecule has 0 aromatic heterocycles. The van der Waals surface area contributed by atoms with Gasteiger partial charge in [0.05, 0.1) is 6.61 Å². The first kappa shape index (κ1) is 11.9. The van der Waals surface area contributed by atoms with Gasteiger partial charge < -0.3 is 5.11 Å². The molecule has 74 valence electrons. The summed E-state index contributed by atoms with van der Waals surface area (Å²) in [4.78, 5) is 2.33. The van der Waals surface area contributed by atoms with E-state index >= 15 is 0 Å². The molecule has 0 rings (SSSR count). The average molecular weight is 173 g/mol. The molecule has 2 nitrogen and oxygen atoms in total. The molecule has 0 aromatic rings. The molecule has 0 radical (unpaired) electrons. The van der Waals surface area contributed by atoms with Gasteiger partial charge in [-0.1, -0.05) is 0 Å². The molecule has 0 aromatic carbocycles. The van der Waals surface area contributed by atoms with E-state index < -0.39 is 0 Å². The average Bonchev–Trinajstić information content (AvgIpc) is 1.84. The van der Waals surface area contributed by atoms with Crippen molar-refractivity contribution in [1.82, 2.24) is 4.90 Å². The zero-order valence-electron chi connectivity index (χ0n) is 9.26. The van der Waals surface area contributed by atoms with E-state index in [4.69, 9.17) is 0 Å². The molecular formula is C10H23NO. The van der Waals surface area contributed by atoms with Crippen LogP contribution in [0.5, 0.6) is 0 Å². The molecule has 0 saturated carbocycles. The molecule has 0 atom stereocenters. The molecule has 0 aliphatic heterocycles. The topological polar surface area (TPSA) is 23.5 Å². The summed E-state index contributed by atoms with van der Waals surface area (Å²) in [5.74, 6) is 0. The van der Waals surface area contributed by atoms with Gasteiger partial charge in [-0.25, -0.2) is 0 Å². The highest BCUT2D eigenvalue weighted by atomic mass is 16.3. The number of rotatable bonds is 4. The maximum Gasteiger partial charge on any atom is 0.0610 e. The monoisotopic (exact) mass is 173 g/mol. The molecule has 0 saturated heterocycles. The van der Waals surface area contributed by atoms with E-state index in [-0.39, 0.29) is 12.1 Å². The van der Waals surface area contributed by atoms with E-state index in [1.54, 1.807) is 0 Å². The molecule has 0 heterocycles. The Kier molecular flexibility index (Phi) is 4.21. The highest BCUT2D eigenvalue weighted by Gasteiger charge is 2.29. The van der Waals surface area contributed by atoms with Crippen molar-refractivity contribution in [2.45, 2.75) is 59.2 Å². The second kappa shape index (κ2) is 4.24. The lowest BCUT2D eigenvalue weighted by Gasteiger charge is -2.43. The quantitative estimate of drug-likeness (QED) is 0.701. The van der Waals surface area contributed by atoms with Crippen LogP contribution < -0.4 is 0 Å². The first-order valence-electron chi connectivity index (χ1n) is 4.72. The molecule has 0 aliphatic carbocycles. The van der Waals surface area contributed by atoms with Crippen molar-refractivity contribution in [3.8, 4) is 0 Å². The lowest BCUT2D eigenvalue weighted by atomic mass is 10.00.